The van der Waals surface area contributed by atoms with E-state index in [1.807, 2.05) is 49.3 Å². The number of benzene rings is 1. The van der Waals surface area contributed by atoms with Crippen molar-refractivity contribution in [2.24, 2.45) is 0 Å². The third-order valence-electron chi connectivity index (χ3n) is 4.61. The molecule has 0 N–H and O–H groups in total. The first kappa shape index (κ1) is 18.0. The molecule has 0 aliphatic carbocycles. The SMILES string of the molecule is CN(C)c1cc(OC2CCN(C(=O)c3ncoc3-c3ccccc3)C2)ncn1. The van der Waals surface area contributed by atoms with E-state index in [4.69, 9.17) is 9.15 Å². The molecule has 28 heavy (non-hydrogen) atoms. The molecule has 8 nitrogen and oxygen atoms in total. The fraction of sp³-hybridized carbons (Fsp3) is 0.300. The van der Waals surface area contributed by atoms with Crippen molar-refractivity contribution in [3.8, 4) is 17.2 Å². The van der Waals surface area contributed by atoms with Gasteiger partial charge in [0.2, 0.25) is 5.88 Å². The van der Waals surface area contributed by atoms with Crippen LogP contribution in [0.4, 0.5) is 5.82 Å². The lowest BCUT2D eigenvalue weighted by atomic mass is 10.1. The lowest BCUT2D eigenvalue weighted by Crippen LogP contribution is -2.31. The van der Waals surface area contributed by atoms with Crippen LogP contribution < -0.4 is 9.64 Å². The van der Waals surface area contributed by atoms with Crippen LogP contribution in [0.2, 0.25) is 0 Å². The summed E-state index contributed by atoms with van der Waals surface area (Å²) >= 11 is 0. The summed E-state index contributed by atoms with van der Waals surface area (Å²) in [6, 6.07) is 11.3. The quantitative estimate of drug-likeness (QED) is 0.673. The Morgan fingerprint density at radius 1 is 1.21 bits per heavy atom. The van der Waals surface area contributed by atoms with Gasteiger partial charge in [0.15, 0.2) is 17.8 Å². The maximum absolute atomic E-state index is 13.0. The Bertz CT molecular complexity index is 957. The molecule has 1 atom stereocenters. The monoisotopic (exact) mass is 379 g/mol. The number of aromatic nitrogens is 3. The zero-order chi connectivity index (χ0) is 19.5. The topological polar surface area (TPSA) is 84.6 Å². The molecule has 1 fully saturated rings. The number of ether oxygens (including phenoxy) is 1. The van der Waals surface area contributed by atoms with Gasteiger partial charge in [0, 0.05) is 38.7 Å². The highest BCUT2D eigenvalue weighted by Crippen LogP contribution is 2.26. The first-order valence-corrected chi connectivity index (χ1v) is 9.06. The number of hydrogen-bond donors (Lipinski definition) is 0. The highest BCUT2D eigenvalue weighted by Gasteiger charge is 2.31. The van der Waals surface area contributed by atoms with Crippen molar-refractivity contribution in [3.63, 3.8) is 0 Å². The van der Waals surface area contributed by atoms with Gasteiger partial charge in [-0.25, -0.2) is 15.0 Å². The molecule has 144 valence electrons. The van der Waals surface area contributed by atoms with Crippen molar-refractivity contribution in [1.82, 2.24) is 19.9 Å². The van der Waals surface area contributed by atoms with E-state index in [1.54, 1.807) is 11.0 Å². The van der Waals surface area contributed by atoms with Crippen LogP contribution in [0.15, 0.2) is 53.5 Å². The van der Waals surface area contributed by atoms with Gasteiger partial charge >= 0.3 is 0 Å². The largest absolute Gasteiger partial charge is 0.472 e. The minimum Gasteiger partial charge on any atom is -0.472 e. The van der Waals surface area contributed by atoms with E-state index in [-0.39, 0.29) is 12.0 Å². The molecule has 0 spiro atoms. The molecule has 1 aliphatic heterocycles. The van der Waals surface area contributed by atoms with Gasteiger partial charge in [0.05, 0.1) is 6.54 Å². The van der Waals surface area contributed by atoms with Crippen molar-refractivity contribution in [3.05, 3.63) is 54.8 Å². The summed E-state index contributed by atoms with van der Waals surface area (Å²) in [5.41, 5.74) is 1.15. The Morgan fingerprint density at radius 2 is 2.04 bits per heavy atom. The van der Waals surface area contributed by atoms with E-state index in [0.717, 1.165) is 17.8 Å². The first-order chi connectivity index (χ1) is 13.6. The van der Waals surface area contributed by atoms with E-state index in [2.05, 4.69) is 15.0 Å². The van der Waals surface area contributed by atoms with Crippen molar-refractivity contribution in [2.75, 3.05) is 32.1 Å². The van der Waals surface area contributed by atoms with E-state index in [0.29, 0.717) is 30.4 Å². The van der Waals surface area contributed by atoms with Crippen LogP contribution in [0.3, 0.4) is 0 Å². The number of carbonyl (C=O) groups is 1. The molecular weight excluding hydrogens is 358 g/mol. The van der Waals surface area contributed by atoms with Gasteiger partial charge in [-0.2, -0.15) is 0 Å². The molecule has 0 radical (unpaired) electrons. The van der Waals surface area contributed by atoms with Gasteiger partial charge in [-0.3, -0.25) is 4.79 Å². The molecule has 1 unspecified atom stereocenters. The minimum absolute atomic E-state index is 0.124. The number of nitrogens with zero attached hydrogens (tertiary/aromatic N) is 5. The second-order valence-corrected chi connectivity index (χ2v) is 6.78. The van der Waals surface area contributed by atoms with Crippen LogP contribution in [-0.4, -0.2) is 59.0 Å². The van der Waals surface area contributed by atoms with Gasteiger partial charge in [0.1, 0.15) is 18.2 Å². The Hall–Kier alpha value is -3.42. The molecule has 4 rings (SSSR count). The highest BCUT2D eigenvalue weighted by atomic mass is 16.5. The van der Waals surface area contributed by atoms with Crippen LogP contribution in [0.5, 0.6) is 5.88 Å². The van der Waals surface area contributed by atoms with E-state index in [9.17, 15) is 4.79 Å². The van der Waals surface area contributed by atoms with Crippen molar-refractivity contribution < 1.29 is 13.9 Å². The molecule has 8 heteroatoms. The van der Waals surface area contributed by atoms with Crippen LogP contribution in [-0.2, 0) is 0 Å². The summed E-state index contributed by atoms with van der Waals surface area (Å²) in [4.78, 5) is 29.1. The first-order valence-electron chi connectivity index (χ1n) is 9.06. The third-order valence-corrected chi connectivity index (χ3v) is 4.61. The Labute approximate surface area is 162 Å². The molecule has 1 saturated heterocycles. The standard InChI is InChI=1S/C20H21N5O3/c1-24(2)16-10-17(22-12-21-16)28-15-8-9-25(11-15)20(26)18-19(27-13-23-18)14-6-4-3-5-7-14/h3-7,10,12-13,15H,8-9,11H2,1-2H3. The van der Waals surface area contributed by atoms with E-state index < -0.39 is 0 Å². The lowest BCUT2D eigenvalue weighted by Gasteiger charge is -2.17. The number of amides is 1. The molecular formula is C20H21N5O3. The minimum atomic E-state index is -0.157. The van der Waals surface area contributed by atoms with Crippen molar-refractivity contribution in [1.29, 1.82) is 0 Å². The van der Waals surface area contributed by atoms with Crippen molar-refractivity contribution >= 4 is 11.7 Å². The zero-order valence-corrected chi connectivity index (χ0v) is 15.8. The number of carbonyl (C=O) groups excluding carboxylic acids is 1. The molecule has 0 saturated carbocycles. The number of likely N-dealkylation sites (tertiary alicyclic amines) is 1. The van der Waals surface area contributed by atoms with E-state index in [1.165, 1.54) is 12.7 Å². The summed E-state index contributed by atoms with van der Waals surface area (Å²) in [6.45, 7) is 1.07. The number of oxazole rings is 1. The predicted octanol–water partition coefficient (Wildman–Crippen LogP) is 2.49. The van der Waals surface area contributed by atoms with Crippen LogP contribution in [0.25, 0.3) is 11.3 Å². The zero-order valence-electron chi connectivity index (χ0n) is 15.8. The normalized spacial score (nSPS) is 16.2. The molecule has 3 aromatic rings. The molecule has 1 amide bonds. The second-order valence-electron chi connectivity index (χ2n) is 6.78. The number of hydrogen-bond acceptors (Lipinski definition) is 7. The smallest absolute Gasteiger partial charge is 0.276 e. The maximum atomic E-state index is 13.0. The lowest BCUT2D eigenvalue weighted by molar-refractivity contribution is 0.0766. The predicted molar refractivity (Wildman–Crippen MR) is 103 cm³/mol. The van der Waals surface area contributed by atoms with Gasteiger partial charge < -0.3 is 19.0 Å². The molecule has 1 aliphatic rings. The van der Waals surface area contributed by atoms with Crippen LogP contribution in [0.1, 0.15) is 16.9 Å². The summed E-state index contributed by atoms with van der Waals surface area (Å²) in [5, 5.41) is 0. The highest BCUT2D eigenvalue weighted by molar-refractivity contribution is 5.97. The third kappa shape index (κ3) is 3.66. The average molecular weight is 379 g/mol. The Balaban J connectivity index is 1.44. The van der Waals surface area contributed by atoms with Gasteiger partial charge in [-0.15, -0.1) is 0 Å². The van der Waals surface area contributed by atoms with Crippen LogP contribution in [0, 0.1) is 0 Å². The fourth-order valence-electron chi connectivity index (χ4n) is 3.16. The summed E-state index contributed by atoms with van der Waals surface area (Å²) < 4.78 is 11.4. The second kappa shape index (κ2) is 7.67. The van der Waals surface area contributed by atoms with Crippen molar-refractivity contribution in [2.45, 2.75) is 12.5 Å². The molecule has 2 aromatic heterocycles. The number of anilines is 1. The fourth-order valence-corrected chi connectivity index (χ4v) is 3.16. The van der Waals surface area contributed by atoms with Gasteiger partial charge in [-0.05, 0) is 0 Å². The summed E-state index contributed by atoms with van der Waals surface area (Å²) in [6.07, 6.45) is 3.39. The summed E-state index contributed by atoms with van der Waals surface area (Å²) in [5.74, 6) is 1.60. The number of rotatable bonds is 5. The van der Waals surface area contributed by atoms with E-state index >= 15 is 0 Å². The molecule has 0 bridgehead atoms. The van der Waals surface area contributed by atoms with Crippen LogP contribution >= 0.6 is 0 Å². The van der Waals surface area contributed by atoms with Gasteiger partial charge in [-0.1, -0.05) is 30.3 Å². The summed E-state index contributed by atoms with van der Waals surface area (Å²) in [7, 11) is 3.81. The molecule has 1 aromatic carbocycles. The maximum Gasteiger partial charge on any atom is 0.276 e. The Kier molecular flexibility index (Phi) is 4.92. The van der Waals surface area contributed by atoms with Gasteiger partial charge in [0.25, 0.3) is 5.91 Å². The Morgan fingerprint density at radius 3 is 2.82 bits per heavy atom. The average Bonchev–Trinajstić information content (AvgIpc) is 3.38. The molecule has 3 heterocycles.